The summed E-state index contributed by atoms with van der Waals surface area (Å²) in [6, 6.07) is -7.90. The molecule has 130 heavy (non-hydrogen) atoms. The lowest BCUT2D eigenvalue weighted by molar-refractivity contribution is -0.216. The number of aliphatic hydroxyl groups is 4. The van der Waals surface area contributed by atoms with Crippen molar-refractivity contribution in [2.75, 3.05) is 110 Å². The number of halogens is 2. The zero-order valence-corrected chi connectivity index (χ0v) is 81.6. The van der Waals surface area contributed by atoms with E-state index in [0.29, 0.717) is 86.3 Å². The number of amides is 12. The largest absolute Gasteiger partial charge is 0.458 e. The van der Waals surface area contributed by atoms with Gasteiger partial charge in [-0.05, 0) is 169 Å². The highest BCUT2D eigenvalue weighted by atomic mass is 79.9. The Bertz CT molecular complexity index is 4790. The fourth-order valence-corrected chi connectivity index (χ4v) is 22.6. The lowest BCUT2D eigenvalue weighted by Crippen LogP contribution is -2.63. The van der Waals surface area contributed by atoms with Crippen LogP contribution in [-0.4, -0.2) is 324 Å². The SMILES string of the molecule is C[C@@]1(CO)[C@H](O)CC[C@@]2(C)[C@H]1CC[C@H]1C[C@@H]3C[C@@]12CC[C@]3(O)CO.Cc1c2oc3c(C)ccc(C(=O)N[C@@H]4C(=O)N[C@H](C(C)C)C(=O)N5CCC[C@H]5C(=O)N(C)CC(=O)N(C)[C@@H](C(C)C)C(=O)O[C@@H]4C)c3nc-2c(C(=O)N[C@@H]2C(=O)N[C@H](C(C)C)C(=O)N3CCC[C@H]3C(=O)N(C)CC(=O)N(C)[C@@H](C(C)C)C(=O)O[C@@H]2C)c(N)c1=O.O=C(CCBr)N1CCN(C(=O)CCBr)CC1. The van der Waals surface area contributed by atoms with Gasteiger partial charge in [0.1, 0.15) is 71.8 Å². The quantitative estimate of drug-likeness (QED) is 0.0476. The van der Waals surface area contributed by atoms with E-state index in [4.69, 9.17) is 24.6 Å². The molecule has 5 aliphatic carbocycles. The van der Waals surface area contributed by atoms with Crippen LogP contribution in [0, 0.1) is 71.5 Å². The van der Waals surface area contributed by atoms with Gasteiger partial charge in [-0.3, -0.25) is 62.3 Å². The van der Waals surface area contributed by atoms with Crippen LogP contribution in [0.5, 0.6) is 0 Å². The molecule has 1 spiro atoms. The van der Waals surface area contributed by atoms with Gasteiger partial charge in [-0.1, -0.05) is 107 Å². The topological polar surface area (TPSA) is 482 Å². The average molecular weight is 1950 g/mol. The van der Waals surface area contributed by atoms with E-state index >= 15 is 9.59 Å². The summed E-state index contributed by atoms with van der Waals surface area (Å²) in [7, 11) is 5.59. The first-order valence-corrected chi connectivity index (χ1v) is 48.0. The molecule has 5 saturated heterocycles. The van der Waals surface area contributed by atoms with Gasteiger partial charge in [-0.2, -0.15) is 0 Å². The maximum atomic E-state index is 15.2. The number of aryl methyl sites for hydroxylation is 1. The second-order valence-corrected chi connectivity index (χ2v) is 40.8. The van der Waals surface area contributed by atoms with E-state index in [1.54, 1.807) is 62.3 Å². The number of likely N-dealkylation sites (N-methyl/N-ethyl adjacent to an activating group) is 4. The van der Waals surface area contributed by atoms with E-state index in [2.05, 4.69) is 67.0 Å². The van der Waals surface area contributed by atoms with Crippen LogP contribution in [0.2, 0.25) is 0 Å². The smallest absolute Gasteiger partial charge is 0.329 e. The highest BCUT2D eigenvalue weighted by Gasteiger charge is 2.70. The van der Waals surface area contributed by atoms with E-state index in [1.807, 2.05) is 9.80 Å². The number of aromatic nitrogens is 1. The molecular formula is C92H136Br2N14O22. The number of carbonyl (C=O) groups is 14. The van der Waals surface area contributed by atoms with Crippen LogP contribution < -0.4 is 32.4 Å². The second-order valence-electron chi connectivity index (χ2n) is 39.2. The van der Waals surface area contributed by atoms with E-state index in [0.717, 1.165) is 54.7 Å². The van der Waals surface area contributed by atoms with Crippen LogP contribution in [-0.2, 0) is 67.0 Å². The number of aliphatic hydroxyl groups excluding tert-OH is 3. The molecule has 11 aliphatic rings. The Labute approximate surface area is 777 Å². The number of ether oxygens (including phenoxy) is 2. The van der Waals surface area contributed by atoms with Gasteiger partial charge >= 0.3 is 11.9 Å². The maximum Gasteiger partial charge on any atom is 0.329 e. The molecule has 12 rings (SSSR count). The molecule has 38 heteroatoms. The third-order valence-corrected chi connectivity index (χ3v) is 30.5. The van der Waals surface area contributed by atoms with Gasteiger partial charge in [-0.25, -0.2) is 14.6 Å². The van der Waals surface area contributed by atoms with Gasteiger partial charge in [0.05, 0.1) is 54.8 Å². The van der Waals surface area contributed by atoms with Gasteiger partial charge in [-0.15, -0.1) is 0 Å². The summed E-state index contributed by atoms with van der Waals surface area (Å²) in [5.41, 5.74) is 2.62. The van der Waals surface area contributed by atoms with Gasteiger partial charge < -0.3 is 101 Å². The van der Waals surface area contributed by atoms with Crippen LogP contribution in [0.15, 0.2) is 21.3 Å². The number of nitrogens with one attached hydrogen (secondary N) is 4. The Morgan fingerprint density at radius 2 is 1.08 bits per heavy atom. The maximum absolute atomic E-state index is 15.2. The summed E-state index contributed by atoms with van der Waals surface area (Å²) in [5, 5.41) is 53.4. The molecule has 36 nitrogen and oxygen atoms in total. The molecule has 2 bridgehead atoms. The molecule has 1 aromatic carbocycles. The lowest BCUT2D eigenvalue weighted by Gasteiger charge is -2.66. The van der Waals surface area contributed by atoms with Crippen LogP contribution in [0.1, 0.15) is 205 Å². The van der Waals surface area contributed by atoms with E-state index in [-0.39, 0.29) is 95.7 Å². The molecular weight excluding hydrogens is 1810 g/mol. The Balaban J connectivity index is 0.000000353. The second kappa shape index (κ2) is 42.1. The molecule has 4 saturated carbocycles. The molecule has 720 valence electrons. The van der Waals surface area contributed by atoms with Crippen molar-refractivity contribution in [1.82, 2.24) is 65.5 Å². The van der Waals surface area contributed by atoms with Crippen molar-refractivity contribution in [1.29, 1.82) is 0 Å². The summed E-state index contributed by atoms with van der Waals surface area (Å²) in [5.74, 6) is -10.8. The number of cyclic esters (lactones) is 2. The Kier molecular flexibility index (Phi) is 33.4. The predicted octanol–water partition coefficient (Wildman–Crippen LogP) is 4.04. The Morgan fingerprint density at radius 1 is 0.608 bits per heavy atom. The zero-order chi connectivity index (χ0) is 96.3. The van der Waals surface area contributed by atoms with Crippen molar-refractivity contribution in [3.63, 3.8) is 0 Å². The summed E-state index contributed by atoms with van der Waals surface area (Å²) >= 11 is 6.51. The number of esters is 2. The number of nitrogen functional groups attached to an aromatic ring is 1. The first kappa shape index (κ1) is 103. The van der Waals surface area contributed by atoms with Crippen LogP contribution >= 0.6 is 31.9 Å². The van der Waals surface area contributed by atoms with Crippen molar-refractivity contribution in [3.8, 4) is 11.5 Å². The van der Waals surface area contributed by atoms with E-state index < -0.39 is 208 Å². The predicted molar refractivity (Wildman–Crippen MR) is 487 cm³/mol. The number of rotatable bonds is 14. The molecule has 10 N–H and O–H groups in total. The summed E-state index contributed by atoms with van der Waals surface area (Å²) in [6.07, 6.45) is 6.75. The number of nitrogens with two attached hydrogens (primary N) is 1. The number of anilines is 1. The molecule has 6 heterocycles. The third kappa shape index (κ3) is 20.6. The normalized spacial score (nSPS) is 31.2. The summed E-state index contributed by atoms with van der Waals surface area (Å²) in [6.45, 7) is 25.5. The molecule has 6 aliphatic heterocycles. The molecule has 12 amide bonds. The first-order valence-electron chi connectivity index (χ1n) is 45.8. The number of benzene rings is 2. The minimum Gasteiger partial charge on any atom is -0.458 e. The van der Waals surface area contributed by atoms with Crippen molar-refractivity contribution in [3.05, 3.63) is 44.6 Å². The minimum absolute atomic E-state index is 0.0547. The summed E-state index contributed by atoms with van der Waals surface area (Å²) < 4.78 is 18.3. The number of hydrogen-bond donors (Lipinski definition) is 9. The van der Waals surface area contributed by atoms with Gasteiger partial charge in [0.2, 0.25) is 64.5 Å². The average Bonchev–Trinajstić information content (AvgIpc) is 1.49. The van der Waals surface area contributed by atoms with Gasteiger partial charge in [0.15, 0.2) is 11.3 Å². The summed E-state index contributed by atoms with van der Waals surface area (Å²) in [4.78, 5) is 226. The molecule has 9 fully saturated rings. The van der Waals surface area contributed by atoms with Crippen LogP contribution in [0.25, 0.3) is 22.6 Å². The van der Waals surface area contributed by atoms with Crippen molar-refractivity contribution >= 4 is 131 Å². The monoisotopic (exact) mass is 1950 g/mol. The minimum atomic E-state index is -1.88. The number of carbonyl (C=O) groups excluding carboxylic acids is 14. The number of nitrogens with zero attached hydrogens (tertiary/aromatic N) is 9. The zero-order valence-electron chi connectivity index (χ0n) is 78.4. The number of hydrogen-bond acceptors (Lipinski definition) is 24. The van der Waals surface area contributed by atoms with E-state index in [9.17, 15) is 82.8 Å². The number of fused-ring (bicyclic) bond motifs is 6. The van der Waals surface area contributed by atoms with Crippen LogP contribution in [0.3, 0.4) is 0 Å². The molecule has 1 aromatic rings. The van der Waals surface area contributed by atoms with Crippen molar-refractivity contribution < 1.29 is 101 Å². The van der Waals surface area contributed by atoms with Crippen molar-refractivity contribution in [2.45, 2.75) is 259 Å². The molecule has 18 atom stereocenters. The number of alkyl halides is 2. The van der Waals surface area contributed by atoms with Crippen LogP contribution in [0.4, 0.5) is 5.69 Å². The Morgan fingerprint density at radius 3 is 1.52 bits per heavy atom. The molecule has 0 radical (unpaired) electrons. The van der Waals surface area contributed by atoms with E-state index in [1.165, 1.54) is 80.7 Å². The lowest BCUT2D eigenvalue weighted by atomic mass is 9.39. The Hall–Kier alpha value is -8.98. The highest BCUT2D eigenvalue weighted by molar-refractivity contribution is 9.09. The highest BCUT2D eigenvalue weighted by Crippen LogP contribution is 2.75. The molecule has 0 unspecified atom stereocenters. The fraction of sp³-hybridized carbons (Fsp3) is 0.717. The number of piperazine rings is 1. The molecule has 0 aromatic heterocycles. The third-order valence-electron chi connectivity index (χ3n) is 29.7. The van der Waals surface area contributed by atoms with Crippen molar-refractivity contribution in [2.24, 2.45) is 57.7 Å². The standard InChI is InChI=1S/C62H86N12O16.C20H34O4.C10H16Br2N2O2/c1-27(2)42-59(84)73-23-17-19-36(73)57(82)69(13)25-38(75)71(15)48(29(5)6)61(86)88-33(11)44(55(80)65-42)67-53(78)35-22-21-31(9)51-46(35)64-47-40(41(63)50(77)32(10)52(47)90-51)54(79)68-45-34(12)89-62(87)49(30(7)8)72(16)39(76)26-70(14)58(83)37-20-18-24-74(37)60(85)43(28(3)4)66-56(45)81;1-17(11-21)15-4-3-13-9-14-10-19(13,7-8-20(14,24)12-22)18(15,2)6-5-16(17)23;11-3-1-9(15)13-5-7-14(8-6-13)10(16)2-4-12/h21-22,27-30,33-34,36-37,42-45,48-49H,17-20,23-26,63H2,1-16H3,(H,65,80)(H,66,81)(H,67,78)(H,68,79);13-16,21-24H,3-12H2,1-2H3;1-8H2/t33-,34-,36+,37+,42-,43-,44+,45+,48+,49+;13-,14+,15-,16+,17-,18-,19-,20-;/m10./s1. The first-order chi connectivity index (χ1) is 61.0. The fourth-order valence-electron chi connectivity index (χ4n) is 21.9. The van der Waals surface area contributed by atoms with Gasteiger partial charge in [0.25, 0.3) is 11.8 Å². The van der Waals surface area contributed by atoms with Gasteiger partial charge in [0, 0.05) is 102 Å².